The molecule has 30 heavy (non-hydrogen) atoms. The molecule has 1 aromatic heterocycles. The largest absolute Gasteiger partial charge is 0.464 e. The van der Waals surface area contributed by atoms with Gasteiger partial charge in [0.1, 0.15) is 6.04 Å². The maximum Gasteiger partial charge on any atom is 0.328 e. The van der Waals surface area contributed by atoms with Crippen LogP contribution in [-0.2, 0) is 22.5 Å². The van der Waals surface area contributed by atoms with E-state index >= 15 is 0 Å². The van der Waals surface area contributed by atoms with E-state index in [9.17, 15) is 9.59 Å². The molecule has 1 aromatic carbocycles. The molecule has 7 heteroatoms. The number of fused-ring (bicyclic) bond motifs is 4. The highest BCUT2D eigenvalue weighted by Gasteiger charge is 2.36. The topological polar surface area (TPSA) is 63.6 Å². The van der Waals surface area contributed by atoms with Crippen LogP contribution >= 0.6 is 12.2 Å². The van der Waals surface area contributed by atoms with Gasteiger partial charge < -0.3 is 19.5 Å². The number of esters is 1. The van der Waals surface area contributed by atoms with Gasteiger partial charge in [-0.25, -0.2) is 4.79 Å². The number of piperidine rings is 1. The van der Waals surface area contributed by atoms with E-state index in [0.717, 1.165) is 37.3 Å². The Morgan fingerprint density at radius 1 is 1.17 bits per heavy atom. The van der Waals surface area contributed by atoms with Crippen molar-refractivity contribution in [2.24, 2.45) is 5.92 Å². The highest BCUT2D eigenvalue weighted by molar-refractivity contribution is 7.80. The van der Waals surface area contributed by atoms with Gasteiger partial charge in [0.2, 0.25) is 0 Å². The molecule has 158 valence electrons. The van der Waals surface area contributed by atoms with Crippen LogP contribution in [0.15, 0.2) is 53.3 Å². The zero-order valence-electron chi connectivity index (χ0n) is 17.1. The molecule has 2 bridgehead atoms. The summed E-state index contributed by atoms with van der Waals surface area (Å²) in [4.78, 5) is 26.9. The number of aromatic nitrogens is 1. The summed E-state index contributed by atoms with van der Waals surface area (Å²) in [5.74, 6) is 0.338. The monoisotopic (exact) mass is 425 g/mol. The first kappa shape index (κ1) is 20.6. The number of carbonyl (C=O) groups excluding carboxylic acids is 1. The Bertz CT molecular complexity index is 975. The molecule has 0 aliphatic carbocycles. The van der Waals surface area contributed by atoms with E-state index in [4.69, 9.17) is 17.0 Å². The Balaban J connectivity index is 1.48. The molecule has 1 fully saturated rings. The molecule has 3 heterocycles. The summed E-state index contributed by atoms with van der Waals surface area (Å²) in [7, 11) is 0. The number of benzene rings is 1. The third-order valence-corrected chi connectivity index (χ3v) is 6.29. The van der Waals surface area contributed by atoms with E-state index in [1.807, 2.05) is 47.0 Å². The van der Waals surface area contributed by atoms with Crippen molar-refractivity contribution in [3.05, 3.63) is 70.1 Å². The van der Waals surface area contributed by atoms with Gasteiger partial charge >= 0.3 is 5.97 Å². The van der Waals surface area contributed by atoms with Crippen LogP contribution in [0.1, 0.15) is 30.5 Å². The summed E-state index contributed by atoms with van der Waals surface area (Å²) in [5, 5.41) is 3.83. The van der Waals surface area contributed by atoms with E-state index in [-0.39, 0.29) is 17.4 Å². The first-order valence-corrected chi connectivity index (χ1v) is 10.9. The molecule has 2 aromatic rings. The fourth-order valence-electron chi connectivity index (χ4n) is 4.59. The maximum atomic E-state index is 12.6. The summed E-state index contributed by atoms with van der Waals surface area (Å²) in [5.41, 5.74) is 2.20. The Hall–Kier alpha value is -2.67. The molecule has 4 rings (SSSR count). The molecule has 0 unspecified atom stereocenters. The van der Waals surface area contributed by atoms with Crippen molar-refractivity contribution >= 4 is 23.3 Å². The Morgan fingerprint density at radius 2 is 1.97 bits per heavy atom. The number of carbonyl (C=O) groups is 1. The highest BCUT2D eigenvalue weighted by atomic mass is 32.1. The average molecular weight is 426 g/mol. The third-order valence-electron chi connectivity index (χ3n) is 5.92. The third kappa shape index (κ3) is 4.41. The van der Waals surface area contributed by atoms with Crippen molar-refractivity contribution < 1.29 is 9.53 Å². The van der Waals surface area contributed by atoms with E-state index in [2.05, 4.69) is 10.2 Å². The predicted molar refractivity (Wildman–Crippen MR) is 119 cm³/mol. The number of hydrogen-bond donors (Lipinski definition) is 1. The molecule has 0 amide bonds. The van der Waals surface area contributed by atoms with E-state index < -0.39 is 6.04 Å². The van der Waals surface area contributed by atoms with Gasteiger partial charge in [0.25, 0.3) is 5.56 Å². The lowest BCUT2D eigenvalue weighted by atomic mass is 9.83. The molecule has 0 saturated carbocycles. The Kier molecular flexibility index (Phi) is 6.18. The lowest BCUT2D eigenvalue weighted by molar-refractivity contribution is -0.145. The number of likely N-dealkylation sites (tertiary alicyclic amines) is 1. The molecule has 2 aliphatic rings. The summed E-state index contributed by atoms with van der Waals surface area (Å²) < 4.78 is 7.19. The summed E-state index contributed by atoms with van der Waals surface area (Å²) >= 11 is 5.71. The van der Waals surface area contributed by atoms with Crippen LogP contribution in [0.2, 0.25) is 0 Å². The van der Waals surface area contributed by atoms with Crippen LogP contribution in [0, 0.1) is 5.92 Å². The van der Waals surface area contributed by atoms with Crippen molar-refractivity contribution in [1.82, 2.24) is 14.8 Å². The lowest BCUT2D eigenvalue weighted by Crippen LogP contribution is -2.55. The van der Waals surface area contributed by atoms with Crippen molar-refractivity contribution in [1.29, 1.82) is 0 Å². The lowest BCUT2D eigenvalue weighted by Gasteiger charge is -2.44. The second kappa shape index (κ2) is 9.00. The zero-order chi connectivity index (χ0) is 21.1. The van der Waals surface area contributed by atoms with Gasteiger partial charge in [-0.15, -0.1) is 0 Å². The standard InChI is InChI=1S/C23H27N3O3S/c1-2-29-22(28)19(12-16-7-4-3-5-8-16)24-23(30)25-13-17-11-18(15-25)20-9-6-10-21(27)26(20)14-17/h3-10,17-19H,2,11-15H2,1H3,(H,24,30)/t17-,18-,19-/m1/s1. The highest BCUT2D eigenvalue weighted by Crippen LogP contribution is 2.34. The van der Waals surface area contributed by atoms with Crippen molar-refractivity contribution in [3.63, 3.8) is 0 Å². The molecular formula is C23H27N3O3S. The Morgan fingerprint density at radius 3 is 2.73 bits per heavy atom. The number of ether oxygens (including phenoxy) is 1. The predicted octanol–water partition coefficient (Wildman–Crippen LogP) is 2.32. The molecule has 2 aliphatic heterocycles. The second-order valence-electron chi connectivity index (χ2n) is 8.05. The molecule has 6 nitrogen and oxygen atoms in total. The zero-order valence-corrected chi connectivity index (χ0v) is 17.9. The van der Waals surface area contributed by atoms with E-state index in [1.165, 1.54) is 0 Å². The fourth-order valence-corrected chi connectivity index (χ4v) is 4.88. The Labute approximate surface area is 181 Å². The molecule has 0 radical (unpaired) electrons. The van der Waals surface area contributed by atoms with Crippen molar-refractivity contribution in [2.75, 3.05) is 19.7 Å². The second-order valence-corrected chi connectivity index (χ2v) is 8.43. The quantitative estimate of drug-likeness (QED) is 0.586. The molecule has 1 N–H and O–H groups in total. The van der Waals surface area contributed by atoms with Crippen LogP contribution in [0.3, 0.4) is 0 Å². The smallest absolute Gasteiger partial charge is 0.328 e. The van der Waals surface area contributed by atoms with Crippen LogP contribution in [0.4, 0.5) is 0 Å². The average Bonchev–Trinajstić information content (AvgIpc) is 2.75. The number of hydrogen-bond acceptors (Lipinski definition) is 4. The van der Waals surface area contributed by atoms with Gasteiger partial charge in [-0.3, -0.25) is 4.79 Å². The summed E-state index contributed by atoms with van der Waals surface area (Å²) in [6, 6.07) is 14.8. The van der Waals surface area contributed by atoms with Crippen LogP contribution < -0.4 is 10.9 Å². The molecule has 1 saturated heterocycles. The first-order chi connectivity index (χ1) is 14.5. The minimum atomic E-state index is -0.531. The summed E-state index contributed by atoms with van der Waals surface area (Å²) in [6.45, 7) is 4.38. The van der Waals surface area contributed by atoms with Crippen LogP contribution in [0.25, 0.3) is 0 Å². The minimum Gasteiger partial charge on any atom is -0.464 e. The number of nitrogens with one attached hydrogen (secondary N) is 1. The molecule has 0 spiro atoms. The van der Waals surface area contributed by atoms with Gasteiger partial charge in [0.05, 0.1) is 6.61 Å². The van der Waals surface area contributed by atoms with E-state index in [1.54, 1.807) is 13.0 Å². The summed E-state index contributed by atoms with van der Waals surface area (Å²) in [6.07, 6.45) is 1.58. The van der Waals surface area contributed by atoms with Crippen molar-refractivity contribution in [3.8, 4) is 0 Å². The first-order valence-electron chi connectivity index (χ1n) is 10.5. The number of pyridine rings is 1. The fraction of sp³-hybridized carbons (Fsp3) is 0.435. The normalized spacial score (nSPS) is 20.8. The molecular weight excluding hydrogens is 398 g/mol. The number of thiocarbonyl (C=S) groups is 1. The van der Waals surface area contributed by atoms with Crippen molar-refractivity contribution in [2.45, 2.75) is 38.3 Å². The van der Waals surface area contributed by atoms with Crippen LogP contribution in [0.5, 0.6) is 0 Å². The minimum absolute atomic E-state index is 0.0709. The van der Waals surface area contributed by atoms with Crippen LogP contribution in [-0.4, -0.2) is 46.3 Å². The van der Waals surface area contributed by atoms with Gasteiger partial charge in [-0.1, -0.05) is 36.4 Å². The molecule has 3 atom stereocenters. The SMILES string of the molecule is CCOC(=O)[C@@H](Cc1ccccc1)NC(=S)N1C[C@H]2C[C@H](C1)c1cccc(=O)n1C2. The maximum absolute atomic E-state index is 12.6. The number of rotatable bonds is 5. The number of nitrogens with zero attached hydrogens (tertiary/aromatic N) is 2. The van der Waals surface area contributed by atoms with Gasteiger partial charge in [-0.05, 0) is 43.1 Å². The van der Waals surface area contributed by atoms with Gasteiger partial charge in [0.15, 0.2) is 5.11 Å². The van der Waals surface area contributed by atoms with E-state index in [0.29, 0.717) is 24.1 Å². The van der Waals surface area contributed by atoms with Gasteiger partial charge in [0, 0.05) is 43.7 Å². The van der Waals surface area contributed by atoms with Gasteiger partial charge in [-0.2, -0.15) is 0 Å².